The van der Waals surface area contributed by atoms with Gasteiger partial charge in [-0.3, -0.25) is 9.59 Å². The number of aromatic nitrogens is 3. The van der Waals surface area contributed by atoms with Crippen LogP contribution in [-0.2, 0) is 18.3 Å². The molecule has 0 unspecified atom stereocenters. The van der Waals surface area contributed by atoms with Gasteiger partial charge in [0, 0.05) is 54.8 Å². The lowest BCUT2D eigenvalue weighted by molar-refractivity contribution is -0.0281. The van der Waals surface area contributed by atoms with Gasteiger partial charge in [0.2, 0.25) is 5.88 Å². The van der Waals surface area contributed by atoms with E-state index in [-0.39, 0.29) is 17.3 Å². The number of anilines is 1. The molecule has 43 heavy (non-hydrogen) atoms. The number of aliphatic hydroxyl groups is 1. The van der Waals surface area contributed by atoms with Crippen molar-refractivity contribution in [3.63, 3.8) is 0 Å². The van der Waals surface area contributed by atoms with Crippen molar-refractivity contribution < 1.29 is 23.8 Å². The lowest BCUT2D eigenvalue weighted by Gasteiger charge is -2.28. The first-order valence-corrected chi connectivity index (χ1v) is 14.0. The number of carbonyl (C=O) groups excluding carboxylic acids is 1. The largest absolute Gasteiger partial charge is 0.481 e. The van der Waals surface area contributed by atoms with Crippen LogP contribution >= 0.6 is 11.6 Å². The third-order valence-electron chi connectivity index (χ3n) is 7.45. The minimum atomic E-state index is -0.681. The molecule has 1 amide bonds. The number of nitrogens with zero attached hydrogens (tertiary/aromatic N) is 3. The number of aryl methyl sites for hydroxylation is 1. The van der Waals surface area contributed by atoms with Crippen LogP contribution in [0.1, 0.15) is 27.9 Å². The molecule has 3 heterocycles. The van der Waals surface area contributed by atoms with Crippen LogP contribution in [0.3, 0.4) is 0 Å². The van der Waals surface area contributed by atoms with Crippen LogP contribution in [0.2, 0.25) is 5.02 Å². The van der Waals surface area contributed by atoms with Crippen molar-refractivity contribution in [1.82, 2.24) is 20.1 Å². The molecule has 10 nitrogen and oxygen atoms in total. The van der Waals surface area contributed by atoms with E-state index in [1.807, 2.05) is 12.1 Å². The van der Waals surface area contributed by atoms with E-state index in [2.05, 4.69) is 20.7 Å². The van der Waals surface area contributed by atoms with Crippen LogP contribution in [0, 0.1) is 12.7 Å². The summed E-state index contributed by atoms with van der Waals surface area (Å²) < 4.78 is 26.8. The van der Waals surface area contributed by atoms with Crippen LogP contribution in [0.4, 0.5) is 10.1 Å². The Morgan fingerprint density at radius 1 is 1.21 bits per heavy atom. The van der Waals surface area contributed by atoms with Crippen molar-refractivity contribution in [3.05, 3.63) is 92.6 Å². The summed E-state index contributed by atoms with van der Waals surface area (Å²) in [6.45, 7) is 3.05. The quantitative estimate of drug-likeness (QED) is 0.273. The van der Waals surface area contributed by atoms with Gasteiger partial charge in [-0.25, -0.2) is 14.1 Å². The van der Waals surface area contributed by atoms with Crippen molar-refractivity contribution in [2.45, 2.75) is 32.0 Å². The zero-order chi connectivity index (χ0) is 30.7. The number of hydrogen-bond acceptors (Lipinski definition) is 8. The summed E-state index contributed by atoms with van der Waals surface area (Å²) in [7, 11) is 2.97. The topological polar surface area (TPSA) is 128 Å². The zero-order valence-corrected chi connectivity index (χ0v) is 24.6. The van der Waals surface area contributed by atoms with Gasteiger partial charge >= 0.3 is 0 Å². The van der Waals surface area contributed by atoms with Gasteiger partial charge in [0.25, 0.3) is 11.5 Å². The van der Waals surface area contributed by atoms with Gasteiger partial charge < -0.3 is 25.2 Å². The molecule has 1 fully saturated rings. The Morgan fingerprint density at radius 2 is 2.00 bits per heavy atom. The van der Waals surface area contributed by atoms with Gasteiger partial charge in [-0.05, 0) is 48.7 Å². The highest BCUT2D eigenvalue weighted by Gasteiger charge is 2.24. The van der Waals surface area contributed by atoms with E-state index in [0.717, 1.165) is 10.2 Å². The molecule has 0 bridgehead atoms. The minimum absolute atomic E-state index is 0.0940. The van der Waals surface area contributed by atoms with E-state index in [1.54, 1.807) is 25.1 Å². The van der Waals surface area contributed by atoms with Crippen molar-refractivity contribution in [1.29, 1.82) is 0 Å². The fourth-order valence-electron chi connectivity index (χ4n) is 5.03. The average Bonchev–Trinajstić information content (AvgIpc) is 3.00. The van der Waals surface area contributed by atoms with Gasteiger partial charge in [-0.1, -0.05) is 35.9 Å². The van der Waals surface area contributed by atoms with Gasteiger partial charge in [0.1, 0.15) is 11.4 Å². The lowest BCUT2D eigenvalue weighted by atomic mass is 9.96. The van der Waals surface area contributed by atoms with Crippen molar-refractivity contribution in [3.8, 4) is 28.3 Å². The maximum atomic E-state index is 14.9. The first-order chi connectivity index (χ1) is 20.7. The predicted octanol–water partition coefficient (Wildman–Crippen LogP) is 4.11. The standard InChI is InChI=1S/C31H31ClFN5O5/c1-17-23(13-19(33)14-26(17)36-29(40)22-9-11-35-38(2)31(22)41)20-5-4-6-21(28(20)32)24-8-7-18(30(37-24)42-3)15-34-25-10-12-43-16-27(25)39/h4-9,11,13-14,25,27,34,39H,10,12,15-16H2,1-3H3,(H,36,40)/t25-,27+/m1/s1. The van der Waals surface area contributed by atoms with E-state index in [9.17, 15) is 19.1 Å². The number of hydrogen-bond donors (Lipinski definition) is 3. The fraction of sp³-hybridized carbons (Fsp3) is 0.290. The molecule has 2 aromatic heterocycles. The summed E-state index contributed by atoms with van der Waals surface area (Å²) in [4.78, 5) is 29.9. The molecule has 0 aliphatic carbocycles. The van der Waals surface area contributed by atoms with Crippen LogP contribution in [0.25, 0.3) is 22.4 Å². The second-order valence-electron chi connectivity index (χ2n) is 10.2. The smallest absolute Gasteiger partial charge is 0.279 e. The minimum Gasteiger partial charge on any atom is -0.481 e. The van der Waals surface area contributed by atoms with Gasteiger partial charge in [-0.2, -0.15) is 5.10 Å². The maximum Gasteiger partial charge on any atom is 0.279 e. The second kappa shape index (κ2) is 13.0. The number of benzene rings is 2. The van der Waals surface area contributed by atoms with Crippen molar-refractivity contribution >= 4 is 23.2 Å². The Labute approximate surface area is 252 Å². The number of amides is 1. The normalized spacial score (nSPS) is 16.6. The van der Waals surface area contributed by atoms with E-state index in [0.29, 0.717) is 65.0 Å². The average molecular weight is 608 g/mol. The van der Waals surface area contributed by atoms with Crippen LogP contribution < -0.4 is 20.9 Å². The summed E-state index contributed by atoms with van der Waals surface area (Å²) in [6, 6.07) is 12.8. The molecule has 2 aromatic carbocycles. The number of halogens is 2. The number of rotatable bonds is 8. The van der Waals surface area contributed by atoms with Crippen LogP contribution in [0.5, 0.6) is 5.88 Å². The summed E-state index contributed by atoms with van der Waals surface area (Å²) in [5.41, 5.74) is 3.03. The SMILES string of the molecule is COc1nc(-c2cccc(-c3cc(F)cc(NC(=O)c4ccnn(C)c4=O)c3C)c2Cl)ccc1CN[C@@H]1CCOC[C@@H]1O. The summed E-state index contributed by atoms with van der Waals surface area (Å²) in [5.74, 6) is -0.867. The summed E-state index contributed by atoms with van der Waals surface area (Å²) in [6.07, 6.45) is 1.45. The van der Waals surface area contributed by atoms with Crippen LogP contribution in [-0.4, -0.2) is 58.2 Å². The van der Waals surface area contributed by atoms with E-state index in [1.165, 1.54) is 38.6 Å². The van der Waals surface area contributed by atoms with E-state index >= 15 is 0 Å². The van der Waals surface area contributed by atoms with Gasteiger partial charge in [0.05, 0.1) is 30.5 Å². The Hall–Kier alpha value is -4.16. The van der Waals surface area contributed by atoms with E-state index < -0.39 is 23.4 Å². The molecule has 224 valence electrons. The molecular weight excluding hydrogens is 577 g/mol. The highest BCUT2D eigenvalue weighted by atomic mass is 35.5. The summed E-state index contributed by atoms with van der Waals surface area (Å²) >= 11 is 6.91. The Morgan fingerprint density at radius 3 is 2.77 bits per heavy atom. The molecule has 0 saturated carbocycles. The Bertz CT molecular complexity index is 1730. The van der Waals surface area contributed by atoms with Gasteiger partial charge in [-0.15, -0.1) is 0 Å². The third kappa shape index (κ3) is 6.45. The predicted molar refractivity (Wildman–Crippen MR) is 161 cm³/mol. The fourth-order valence-corrected chi connectivity index (χ4v) is 5.35. The molecule has 5 rings (SSSR count). The number of carbonyl (C=O) groups is 1. The first kappa shape index (κ1) is 30.3. The van der Waals surface area contributed by atoms with Gasteiger partial charge in [0.15, 0.2) is 0 Å². The first-order valence-electron chi connectivity index (χ1n) is 13.6. The zero-order valence-electron chi connectivity index (χ0n) is 23.9. The summed E-state index contributed by atoms with van der Waals surface area (Å²) in [5, 5.41) is 20.3. The molecule has 0 spiro atoms. The number of aliphatic hydroxyl groups excluding tert-OH is 1. The Kier molecular flexibility index (Phi) is 9.16. The number of methoxy groups -OCH3 is 1. The molecule has 12 heteroatoms. The number of ether oxygens (including phenoxy) is 2. The molecular formula is C31H31ClFN5O5. The highest BCUT2D eigenvalue weighted by molar-refractivity contribution is 6.36. The monoisotopic (exact) mass is 607 g/mol. The highest BCUT2D eigenvalue weighted by Crippen LogP contribution is 2.39. The molecule has 0 radical (unpaired) electrons. The molecule has 1 saturated heterocycles. The Balaban J connectivity index is 1.44. The number of pyridine rings is 1. The third-order valence-corrected chi connectivity index (χ3v) is 7.86. The molecule has 2 atom stereocenters. The molecule has 3 N–H and O–H groups in total. The maximum absolute atomic E-state index is 14.9. The molecule has 1 aliphatic rings. The molecule has 4 aromatic rings. The second-order valence-corrected chi connectivity index (χ2v) is 10.6. The van der Waals surface area contributed by atoms with Crippen LogP contribution in [0.15, 0.2) is 59.5 Å². The van der Waals surface area contributed by atoms with Crippen molar-refractivity contribution in [2.24, 2.45) is 7.05 Å². The lowest BCUT2D eigenvalue weighted by Crippen LogP contribution is -2.46. The van der Waals surface area contributed by atoms with E-state index in [4.69, 9.17) is 21.1 Å². The van der Waals surface area contributed by atoms with Crippen molar-refractivity contribution in [2.75, 3.05) is 25.6 Å². The molecule has 1 aliphatic heterocycles. The number of nitrogens with one attached hydrogen (secondary N) is 2.